The summed E-state index contributed by atoms with van der Waals surface area (Å²) in [6, 6.07) is 9.23. The van der Waals surface area contributed by atoms with Crippen molar-refractivity contribution in [2.75, 3.05) is 26.2 Å². The Morgan fingerprint density at radius 2 is 2.00 bits per heavy atom. The fraction of sp³-hybridized carbons (Fsp3) is 0.480. The van der Waals surface area contributed by atoms with Gasteiger partial charge in [0.1, 0.15) is 5.82 Å². The van der Waals surface area contributed by atoms with E-state index in [9.17, 15) is 9.18 Å². The van der Waals surface area contributed by atoms with Crippen LogP contribution in [0.3, 0.4) is 0 Å². The second-order valence-corrected chi connectivity index (χ2v) is 9.45. The number of hydrogen-bond donors (Lipinski definition) is 1. The van der Waals surface area contributed by atoms with Crippen molar-refractivity contribution in [2.24, 2.45) is 0 Å². The van der Waals surface area contributed by atoms with Crippen LogP contribution in [0.5, 0.6) is 5.88 Å². The number of nitrogens with zero attached hydrogens (tertiary/aromatic N) is 4. The van der Waals surface area contributed by atoms with Gasteiger partial charge in [0.05, 0.1) is 17.8 Å². The van der Waals surface area contributed by atoms with E-state index in [4.69, 9.17) is 4.74 Å². The van der Waals surface area contributed by atoms with E-state index >= 15 is 0 Å². The minimum atomic E-state index is -0.197. The van der Waals surface area contributed by atoms with E-state index in [0.29, 0.717) is 30.6 Å². The number of aromatic nitrogens is 3. The van der Waals surface area contributed by atoms with Crippen LogP contribution in [0, 0.1) is 5.82 Å². The van der Waals surface area contributed by atoms with Crippen LogP contribution < -0.4 is 15.6 Å². The molecule has 0 bridgehead atoms. The van der Waals surface area contributed by atoms with Gasteiger partial charge in [-0.05, 0) is 68.4 Å². The largest absolute Gasteiger partial charge is 0.476 e. The van der Waals surface area contributed by atoms with Crippen LogP contribution >= 0.6 is 0 Å². The van der Waals surface area contributed by atoms with Crippen molar-refractivity contribution in [1.82, 2.24) is 25.0 Å². The van der Waals surface area contributed by atoms with Crippen LogP contribution in [0.1, 0.15) is 42.0 Å². The summed E-state index contributed by atoms with van der Waals surface area (Å²) in [7, 11) is 0. The van der Waals surface area contributed by atoms with Crippen molar-refractivity contribution in [2.45, 2.75) is 50.7 Å². The number of likely N-dealkylation sites (tertiary alicyclic amines) is 1. The molecule has 172 valence electrons. The molecule has 5 heterocycles. The van der Waals surface area contributed by atoms with Gasteiger partial charge in [-0.3, -0.25) is 4.79 Å². The van der Waals surface area contributed by atoms with E-state index in [2.05, 4.69) is 26.5 Å². The average molecular weight is 450 g/mol. The molecular formula is C25H28FN5O2. The molecule has 0 spiro atoms. The Balaban J connectivity index is 1.06. The minimum Gasteiger partial charge on any atom is -0.476 e. The van der Waals surface area contributed by atoms with Gasteiger partial charge in [-0.25, -0.2) is 4.39 Å². The maximum Gasteiger partial charge on any atom is 0.251 e. The van der Waals surface area contributed by atoms with Gasteiger partial charge >= 0.3 is 0 Å². The summed E-state index contributed by atoms with van der Waals surface area (Å²) in [6.45, 7) is 4.69. The molecule has 3 aliphatic heterocycles. The summed E-state index contributed by atoms with van der Waals surface area (Å²) in [6.07, 6.45) is 4.10. The Kier molecular flexibility index (Phi) is 5.34. The standard InChI is InChI=1S/C25H28FN5O2/c26-21-5-3-16-4-6-22(32)31-15-18(23(21)24(16)31)14-30-9-7-19(8-10-30)27-13-20-12-17-2-1-11-33-25(17)29-28-20/h3-6,12,18-19,27H,1-2,7-11,13-15H2. The van der Waals surface area contributed by atoms with Gasteiger partial charge in [0, 0.05) is 48.8 Å². The van der Waals surface area contributed by atoms with Gasteiger partial charge in [-0.1, -0.05) is 0 Å². The third kappa shape index (κ3) is 3.91. The molecule has 1 saturated heterocycles. The molecule has 0 amide bonds. The number of nitrogens with one attached hydrogen (secondary N) is 1. The number of hydrogen-bond acceptors (Lipinski definition) is 6. The van der Waals surface area contributed by atoms with Crippen molar-refractivity contribution in [3.05, 3.63) is 63.3 Å². The first-order valence-corrected chi connectivity index (χ1v) is 11.9. The Morgan fingerprint density at radius 1 is 1.15 bits per heavy atom. The highest BCUT2D eigenvalue weighted by Gasteiger charge is 2.31. The highest BCUT2D eigenvalue weighted by Crippen LogP contribution is 2.35. The zero-order chi connectivity index (χ0) is 22.4. The fourth-order valence-electron chi connectivity index (χ4n) is 5.59. The third-order valence-corrected chi connectivity index (χ3v) is 7.30. The zero-order valence-corrected chi connectivity index (χ0v) is 18.6. The van der Waals surface area contributed by atoms with Gasteiger partial charge in [-0.2, -0.15) is 5.10 Å². The van der Waals surface area contributed by atoms with Crippen molar-refractivity contribution in [3.63, 3.8) is 0 Å². The lowest BCUT2D eigenvalue weighted by molar-refractivity contribution is 0.184. The van der Waals surface area contributed by atoms with Gasteiger partial charge in [0.2, 0.25) is 5.88 Å². The van der Waals surface area contributed by atoms with Gasteiger partial charge in [0.15, 0.2) is 0 Å². The van der Waals surface area contributed by atoms with Crippen molar-refractivity contribution in [3.8, 4) is 5.88 Å². The first kappa shape index (κ1) is 20.7. The molecule has 1 fully saturated rings. The highest BCUT2D eigenvalue weighted by atomic mass is 19.1. The number of ether oxygens (including phenoxy) is 1. The topological polar surface area (TPSA) is 72.3 Å². The van der Waals surface area contributed by atoms with Gasteiger partial charge in [-0.15, -0.1) is 5.10 Å². The number of aryl methyl sites for hydroxylation is 1. The summed E-state index contributed by atoms with van der Waals surface area (Å²) in [4.78, 5) is 14.8. The number of piperidine rings is 1. The van der Waals surface area contributed by atoms with Crippen LogP contribution in [-0.4, -0.2) is 51.9 Å². The van der Waals surface area contributed by atoms with Gasteiger partial charge < -0.3 is 19.5 Å². The lowest BCUT2D eigenvalue weighted by atomic mass is 9.97. The molecule has 2 aromatic heterocycles. The number of fused-ring (bicyclic) bond motifs is 1. The smallest absolute Gasteiger partial charge is 0.251 e. The zero-order valence-electron chi connectivity index (χ0n) is 18.6. The summed E-state index contributed by atoms with van der Waals surface area (Å²) in [5, 5.41) is 13.1. The molecule has 1 atom stereocenters. The van der Waals surface area contributed by atoms with E-state index in [-0.39, 0.29) is 17.3 Å². The Hall–Kier alpha value is -2.84. The molecule has 33 heavy (non-hydrogen) atoms. The molecule has 8 heteroatoms. The number of pyridine rings is 1. The Labute approximate surface area is 191 Å². The molecule has 0 radical (unpaired) electrons. The second kappa shape index (κ2) is 8.50. The molecule has 3 aliphatic rings. The van der Waals surface area contributed by atoms with Crippen molar-refractivity contribution >= 4 is 10.9 Å². The number of benzene rings is 1. The molecule has 3 aromatic rings. The monoisotopic (exact) mass is 449 g/mol. The normalized spacial score (nSPS) is 20.7. The Morgan fingerprint density at radius 3 is 2.88 bits per heavy atom. The van der Waals surface area contributed by atoms with E-state index in [1.807, 2.05) is 0 Å². The molecule has 6 rings (SSSR count). The molecular weight excluding hydrogens is 421 g/mol. The van der Waals surface area contributed by atoms with E-state index in [1.165, 1.54) is 6.07 Å². The summed E-state index contributed by atoms with van der Waals surface area (Å²) >= 11 is 0. The van der Waals surface area contributed by atoms with E-state index in [1.54, 1.807) is 22.8 Å². The molecule has 0 aliphatic carbocycles. The first-order valence-electron chi connectivity index (χ1n) is 11.9. The van der Waals surface area contributed by atoms with Crippen LogP contribution in [0.15, 0.2) is 35.1 Å². The van der Waals surface area contributed by atoms with Crippen LogP contribution in [0.25, 0.3) is 10.9 Å². The number of rotatable bonds is 5. The van der Waals surface area contributed by atoms with E-state index in [0.717, 1.165) is 74.1 Å². The lowest BCUT2D eigenvalue weighted by Gasteiger charge is -2.34. The first-order chi connectivity index (χ1) is 16.2. The predicted molar refractivity (Wildman–Crippen MR) is 123 cm³/mol. The van der Waals surface area contributed by atoms with E-state index < -0.39 is 0 Å². The molecule has 1 unspecified atom stereocenters. The van der Waals surface area contributed by atoms with Crippen LogP contribution in [-0.2, 0) is 19.5 Å². The molecule has 0 saturated carbocycles. The molecule has 1 aromatic carbocycles. The maximum atomic E-state index is 14.8. The average Bonchev–Trinajstić information content (AvgIpc) is 3.23. The van der Waals surface area contributed by atoms with Crippen LogP contribution in [0.2, 0.25) is 0 Å². The predicted octanol–water partition coefficient (Wildman–Crippen LogP) is 2.61. The SMILES string of the molecule is O=c1ccc2ccc(F)c3c2n1CC3CN1CCC(NCc2cc3c(nn2)OCCC3)CC1. The van der Waals surface area contributed by atoms with Crippen molar-refractivity contribution < 1.29 is 9.13 Å². The van der Waals surface area contributed by atoms with Gasteiger partial charge in [0.25, 0.3) is 5.56 Å². The summed E-state index contributed by atoms with van der Waals surface area (Å²) in [5.41, 5.74) is 3.55. The molecule has 1 N–H and O–H groups in total. The highest BCUT2D eigenvalue weighted by molar-refractivity contribution is 5.84. The number of halogens is 1. The quantitative estimate of drug-likeness (QED) is 0.646. The summed E-state index contributed by atoms with van der Waals surface area (Å²) in [5.74, 6) is 0.500. The third-order valence-electron chi connectivity index (χ3n) is 7.30. The van der Waals surface area contributed by atoms with Crippen LogP contribution in [0.4, 0.5) is 4.39 Å². The van der Waals surface area contributed by atoms with Crippen molar-refractivity contribution in [1.29, 1.82) is 0 Å². The fourth-order valence-corrected chi connectivity index (χ4v) is 5.59. The second-order valence-electron chi connectivity index (χ2n) is 9.45. The lowest BCUT2D eigenvalue weighted by Crippen LogP contribution is -2.43. The minimum absolute atomic E-state index is 0.0151. The maximum absolute atomic E-state index is 14.8. The summed E-state index contributed by atoms with van der Waals surface area (Å²) < 4.78 is 22.1. The Bertz CT molecular complexity index is 1250. The molecule has 7 nitrogen and oxygen atoms in total.